The predicted molar refractivity (Wildman–Crippen MR) is 80.2 cm³/mol. The van der Waals surface area contributed by atoms with E-state index in [1.54, 1.807) is 0 Å². The quantitative estimate of drug-likeness (QED) is 0.871. The van der Waals surface area contributed by atoms with E-state index in [9.17, 15) is 0 Å². The Kier molecular flexibility index (Phi) is 4.19. The zero-order chi connectivity index (χ0) is 13.1. The summed E-state index contributed by atoms with van der Waals surface area (Å²) in [7, 11) is 0. The average Bonchev–Trinajstić information content (AvgIpc) is 3.31. The number of piperidine rings is 1. The van der Waals surface area contributed by atoms with Crippen molar-refractivity contribution in [3.05, 3.63) is 35.9 Å². The number of rotatable bonds is 5. The fourth-order valence-corrected chi connectivity index (χ4v) is 3.29. The highest BCUT2D eigenvalue weighted by atomic mass is 15.2. The van der Waals surface area contributed by atoms with Crippen LogP contribution in [0.3, 0.4) is 0 Å². The molecule has 104 valence electrons. The maximum absolute atomic E-state index is 3.88. The summed E-state index contributed by atoms with van der Waals surface area (Å²) in [5.41, 5.74) is 1.44. The molecule has 2 heteroatoms. The summed E-state index contributed by atoms with van der Waals surface area (Å²) in [5, 5.41) is 3.88. The molecule has 1 atom stereocenters. The Labute approximate surface area is 117 Å². The maximum Gasteiger partial charge on any atom is 0.0320 e. The van der Waals surface area contributed by atoms with Gasteiger partial charge in [-0.05, 0) is 50.8 Å². The molecule has 1 aliphatic heterocycles. The van der Waals surface area contributed by atoms with E-state index in [0.29, 0.717) is 12.1 Å². The molecule has 3 rings (SSSR count). The fourth-order valence-electron chi connectivity index (χ4n) is 3.29. The van der Waals surface area contributed by atoms with Gasteiger partial charge in [0.15, 0.2) is 0 Å². The molecule has 2 aliphatic rings. The molecule has 1 aromatic carbocycles. The predicted octanol–water partition coefficient (Wildman–Crippen LogP) is 3.35. The van der Waals surface area contributed by atoms with Crippen LogP contribution < -0.4 is 5.32 Å². The van der Waals surface area contributed by atoms with Crippen molar-refractivity contribution in [2.45, 2.75) is 57.2 Å². The van der Waals surface area contributed by atoms with Crippen LogP contribution in [-0.2, 0) is 0 Å². The summed E-state index contributed by atoms with van der Waals surface area (Å²) in [6.45, 7) is 4.88. The molecule has 1 aliphatic carbocycles. The third-order valence-electron chi connectivity index (χ3n) is 4.64. The van der Waals surface area contributed by atoms with Crippen LogP contribution in [0.15, 0.2) is 30.3 Å². The first-order chi connectivity index (χ1) is 9.36. The second-order valence-electron chi connectivity index (χ2n) is 6.08. The van der Waals surface area contributed by atoms with E-state index in [1.165, 1.54) is 50.8 Å². The van der Waals surface area contributed by atoms with Gasteiger partial charge < -0.3 is 10.2 Å². The highest BCUT2D eigenvalue weighted by Crippen LogP contribution is 2.30. The first kappa shape index (κ1) is 13.1. The van der Waals surface area contributed by atoms with Gasteiger partial charge in [-0.25, -0.2) is 0 Å². The minimum absolute atomic E-state index is 0.527. The Balaban J connectivity index is 1.52. The lowest BCUT2D eigenvalue weighted by molar-refractivity contribution is 0.182. The van der Waals surface area contributed by atoms with Gasteiger partial charge in [-0.15, -0.1) is 0 Å². The van der Waals surface area contributed by atoms with Gasteiger partial charge in [0.25, 0.3) is 0 Å². The van der Waals surface area contributed by atoms with Gasteiger partial charge >= 0.3 is 0 Å². The van der Waals surface area contributed by atoms with Gasteiger partial charge in [-0.2, -0.15) is 0 Å². The topological polar surface area (TPSA) is 15.3 Å². The Morgan fingerprint density at radius 3 is 2.37 bits per heavy atom. The van der Waals surface area contributed by atoms with Crippen LogP contribution in [0.4, 0.5) is 0 Å². The molecule has 1 heterocycles. The van der Waals surface area contributed by atoms with E-state index in [-0.39, 0.29) is 0 Å². The van der Waals surface area contributed by atoms with E-state index < -0.39 is 0 Å². The molecule has 1 saturated carbocycles. The van der Waals surface area contributed by atoms with Crippen molar-refractivity contribution in [3.63, 3.8) is 0 Å². The van der Waals surface area contributed by atoms with Crippen LogP contribution in [0.25, 0.3) is 0 Å². The van der Waals surface area contributed by atoms with E-state index in [1.807, 2.05) is 0 Å². The zero-order valence-electron chi connectivity index (χ0n) is 12.0. The highest BCUT2D eigenvalue weighted by Gasteiger charge is 2.32. The van der Waals surface area contributed by atoms with Crippen LogP contribution in [0.1, 0.15) is 50.6 Å². The monoisotopic (exact) mass is 258 g/mol. The lowest BCUT2D eigenvalue weighted by Crippen LogP contribution is -2.44. The number of nitrogens with one attached hydrogen (secondary N) is 1. The second-order valence-corrected chi connectivity index (χ2v) is 6.08. The Morgan fingerprint density at radius 2 is 1.79 bits per heavy atom. The van der Waals surface area contributed by atoms with Crippen LogP contribution in [0.2, 0.25) is 0 Å². The van der Waals surface area contributed by atoms with Crippen LogP contribution in [-0.4, -0.2) is 30.1 Å². The SMILES string of the molecule is CCC(NC1CCN(C2CC2)CC1)c1ccccc1. The Bertz CT molecular complexity index is 378. The van der Waals surface area contributed by atoms with Crippen molar-refractivity contribution >= 4 is 0 Å². The smallest absolute Gasteiger partial charge is 0.0320 e. The number of nitrogens with zero attached hydrogens (tertiary/aromatic N) is 1. The van der Waals surface area contributed by atoms with Crippen LogP contribution in [0, 0.1) is 0 Å². The van der Waals surface area contributed by atoms with Gasteiger partial charge in [0.1, 0.15) is 0 Å². The molecule has 2 fully saturated rings. The standard InChI is InChI=1S/C17H26N2/c1-2-17(14-6-4-3-5-7-14)18-15-10-12-19(13-11-15)16-8-9-16/h3-7,15-18H,2,8-13H2,1H3. The summed E-state index contributed by atoms with van der Waals surface area (Å²) in [4.78, 5) is 2.70. The summed E-state index contributed by atoms with van der Waals surface area (Å²) < 4.78 is 0. The van der Waals surface area contributed by atoms with E-state index in [2.05, 4.69) is 47.5 Å². The maximum atomic E-state index is 3.88. The van der Waals surface area contributed by atoms with Gasteiger partial charge in [0.05, 0.1) is 0 Å². The Morgan fingerprint density at radius 1 is 1.11 bits per heavy atom. The van der Waals surface area contributed by atoms with Crippen molar-refractivity contribution in [1.29, 1.82) is 0 Å². The normalized spacial score (nSPS) is 23.4. The van der Waals surface area contributed by atoms with Crippen molar-refractivity contribution < 1.29 is 0 Å². The first-order valence-electron chi connectivity index (χ1n) is 7.92. The molecular weight excluding hydrogens is 232 g/mol. The average molecular weight is 258 g/mol. The minimum atomic E-state index is 0.527. The third-order valence-corrected chi connectivity index (χ3v) is 4.64. The molecule has 2 nitrogen and oxygen atoms in total. The number of hydrogen-bond acceptors (Lipinski definition) is 2. The van der Waals surface area contributed by atoms with E-state index in [0.717, 1.165) is 6.04 Å². The zero-order valence-corrected chi connectivity index (χ0v) is 12.0. The third kappa shape index (κ3) is 3.37. The van der Waals surface area contributed by atoms with Gasteiger partial charge in [0.2, 0.25) is 0 Å². The molecule has 19 heavy (non-hydrogen) atoms. The molecule has 0 bridgehead atoms. The summed E-state index contributed by atoms with van der Waals surface area (Å²) >= 11 is 0. The largest absolute Gasteiger partial charge is 0.307 e. The minimum Gasteiger partial charge on any atom is -0.307 e. The van der Waals surface area contributed by atoms with Crippen molar-refractivity contribution in [2.24, 2.45) is 0 Å². The van der Waals surface area contributed by atoms with Crippen molar-refractivity contribution in [3.8, 4) is 0 Å². The molecule has 0 radical (unpaired) electrons. The van der Waals surface area contributed by atoms with Gasteiger partial charge in [-0.1, -0.05) is 37.3 Å². The summed E-state index contributed by atoms with van der Waals surface area (Å²) in [5.74, 6) is 0. The number of benzene rings is 1. The van der Waals surface area contributed by atoms with Crippen LogP contribution in [0.5, 0.6) is 0 Å². The molecule has 0 amide bonds. The molecule has 1 aromatic rings. The lowest BCUT2D eigenvalue weighted by Gasteiger charge is -2.34. The molecule has 1 unspecified atom stereocenters. The first-order valence-corrected chi connectivity index (χ1v) is 7.92. The van der Waals surface area contributed by atoms with E-state index in [4.69, 9.17) is 0 Å². The van der Waals surface area contributed by atoms with Crippen LogP contribution >= 0.6 is 0 Å². The van der Waals surface area contributed by atoms with Crippen molar-refractivity contribution in [2.75, 3.05) is 13.1 Å². The van der Waals surface area contributed by atoms with Crippen molar-refractivity contribution in [1.82, 2.24) is 10.2 Å². The molecule has 0 aromatic heterocycles. The number of hydrogen-bond donors (Lipinski definition) is 1. The number of likely N-dealkylation sites (tertiary alicyclic amines) is 1. The molecule has 1 N–H and O–H groups in total. The Hall–Kier alpha value is -0.860. The fraction of sp³-hybridized carbons (Fsp3) is 0.647. The van der Waals surface area contributed by atoms with E-state index >= 15 is 0 Å². The molecule has 0 spiro atoms. The highest BCUT2D eigenvalue weighted by molar-refractivity contribution is 5.18. The molecular formula is C17H26N2. The lowest BCUT2D eigenvalue weighted by atomic mass is 9.99. The van der Waals surface area contributed by atoms with Gasteiger partial charge in [-0.3, -0.25) is 0 Å². The summed E-state index contributed by atoms with van der Waals surface area (Å²) in [6, 6.07) is 13.1. The second kappa shape index (κ2) is 6.06. The van der Waals surface area contributed by atoms with Gasteiger partial charge in [0, 0.05) is 18.1 Å². The molecule has 1 saturated heterocycles. The summed E-state index contributed by atoms with van der Waals surface area (Å²) in [6.07, 6.45) is 6.70.